The first-order chi connectivity index (χ1) is 12.1. The number of piperidine rings is 1. The molecule has 0 atom stereocenters. The summed E-state index contributed by atoms with van der Waals surface area (Å²) in [6.07, 6.45) is 6.97. The SMILES string of the molecule is Cc1ncsc1CCN(C)C(=O)C1CCN(C(=O)C2CCCC2)CC1. The van der Waals surface area contributed by atoms with Crippen molar-refractivity contribution in [2.24, 2.45) is 11.8 Å². The van der Waals surface area contributed by atoms with Crippen molar-refractivity contribution in [3.05, 3.63) is 16.1 Å². The summed E-state index contributed by atoms with van der Waals surface area (Å²) in [4.78, 5) is 34.6. The summed E-state index contributed by atoms with van der Waals surface area (Å²) >= 11 is 1.66. The molecule has 2 heterocycles. The zero-order valence-electron chi connectivity index (χ0n) is 15.4. The van der Waals surface area contributed by atoms with Crippen LogP contribution in [0.3, 0.4) is 0 Å². The van der Waals surface area contributed by atoms with E-state index in [0.29, 0.717) is 5.91 Å². The molecule has 3 rings (SSSR count). The lowest BCUT2D eigenvalue weighted by Gasteiger charge is -2.34. The number of hydrogen-bond donors (Lipinski definition) is 0. The Hall–Kier alpha value is -1.43. The van der Waals surface area contributed by atoms with Gasteiger partial charge in [-0.1, -0.05) is 12.8 Å². The lowest BCUT2D eigenvalue weighted by atomic mass is 9.94. The third kappa shape index (κ3) is 4.40. The number of aryl methyl sites for hydroxylation is 1. The van der Waals surface area contributed by atoms with Gasteiger partial charge in [-0.05, 0) is 32.6 Å². The van der Waals surface area contributed by atoms with Crippen molar-refractivity contribution >= 4 is 23.2 Å². The van der Waals surface area contributed by atoms with Crippen LogP contribution < -0.4 is 0 Å². The molecule has 25 heavy (non-hydrogen) atoms. The number of carbonyl (C=O) groups is 2. The molecule has 138 valence electrons. The first kappa shape index (κ1) is 18.4. The van der Waals surface area contributed by atoms with Gasteiger partial charge in [0.2, 0.25) is 11.8 Å². The van der Waals surface area contributed by atoms with Crippen LogP contribution in [0.5, 0.6) is 0 Å². The Morgan fingerprint density at radius 2 is 1.88 bits per heavy atom. The van der Waals surface area contributed by atoms with Crippen molar-refractivity contribution in [1.29, 1.82) is 0 Å². The Morgan fingerprint density at radius 3 is 2.48 bits per heavy atom. The highest BCUT2D eigenvalue weighted by molar-refractivity contribution is 7.09. The van der Waals surface area contributed by atoms with Crippen molar-refractivity contribution in [2.45, 2.75) is 51.9 Å². The van der Waals surface area contributed by atoms with Crippen LogP contribution in [0, 0.1) is 18.8 Å². The summed E-state index contributed by atoms with van der Waals surface area (Å²) in [5.41, 5.74) is 2.94. The van der Waals surface area contributed by atoms with Crippen LogP contribution in [-0.4, -0.2) is 53.3 Å². The fraction of sp³-hybridized carbons (Fsp3) is 0.737. The molecule has 2 fully saturated rings. The van der Waals surface area contributed by atoms with Gasteiger partial charge in [-0.15, -0.1) is 11.3 Å². The molecular weight excluding hydrogens is 334 g/mol. The van der Waals surface area contributed by atoms with E-state index in [2.05, 4.69) is 4.98 Å². The first-order valence-electron chi connectivity index (χ1n) is 9.49. The smallest absolute Gasteiger partial charge is 0.225 e. The number of thiazole rings is 1. The molecular formula is C19H29N3O2S. The second-order valence-corrected chi connectivity index (χ2v) is 8.39. The van der Waals surface area contributed by atoms with Crippen molar-refractivity contribution in [3.8, 4) is 0 Å². The highest BCUT2D eigenvalue weighted by Crippen LogP contribution is 2.29. The molecule has 5 nitrogen and oxygen atoms in total. The number of amides is 2. The Balaban J connectivity index is 1.44. The van der Waals surface area contributed by atoms with Crippen LogP contribution in [0.25, 0.3) is 0 Å². The molecule has 0 unspecified atom stereocenters. The van der Waals surface area contributed by atoms with Gasteiger partial charge in [0.1, 0.15) is 0 Å². The van der Waals surface area contributed by atoms with Gasteiger partial charge in [0, 0.05) is 49.8 Å². The summed E-state index contributed by atoms with van der Waals surface area (Å²) in [7, 11) is 1.90. The minimum atomic E-state index is 0.0696. The Labute approximate surface area is 154 Å². The molecule has 0 spiro atoms. The number of nitrogens with zero attached hydrogens (tertiary/aromatic N) is 3. The Morgan fingerprint density at radius 1 is 1.20 bits per heavy atom. The topological polar surface area (TPSA) is 53.5 Å². The van der Waals surface area contributed by atoms with E-state index < -0.39 is 0 Å². The van der Waals surface area contributed by atoms with Gasteiger partial charge in [0.15, 0.2) is 0 Å². The molecule has 2 amide bonds. The van der Waals surface area contributed by atoms with E-state index in [1.807, 2.05) is 29.3 Å². The predicted molar refractivity (Wildman–Crippen MR) is 99.5 cm³/mol. The number of aromatic nitrogens is 1. The van der Waals surface area contributed by atoms with Gasteiger partial charge >= 0.3 is 0 Å². The molecule has 1 saturated carbocycles. The molecule has 6 heteroatoms. The van der Waals surface area contributed by atoms with Gasteiger partial charge in [-0.3, -0.25) is 9.59 Å². The highest BCUT2D eigenvalue weighted by Gasteiger charge is 2.32. The maximum atomic E-state index is 12.7. The maximum absolute atomic E-state index is 12.7. The normalized spacial score (nSPS) is 19.4. The van der Waals surface area contributed by atoms with E-state index in [0.717, 1.165) is 57.4 Å². The van der Waals surface area contributed by atoms with Crippen LogP contribution in [0.15, 0.2) is 5.51 Å². The lowest BCUT2D eigenvalue weighted by molar-refractivity contribution is -0.141. The third-order valence-electron chi connectivity index (χ3n) is 5.76. The molecule has 0 bridgehead atoms. The van der Waals surface area contributed by atoms with Gasteiger partial charge in [-0.25, -0.2) is 4.98 Å². The van der Waals surface area contributed by atoms with E-state index in [-0.39, 0.29) is 17.7 Å². The highest BCUT2D eigenvalue weighted by atomic mass is 32.1. The monoisotopic (exact) mass is 363 g/mol. The zero-order chi connectivity index (χ0) is 17.8. The predicted octanol–water partition coefficient (Wildman–Crippen LogP) is 2.88. The fourth-order valence-electron chi connectivity index (χ4n) is 4.04. The average Bonchev–Trinajstić information content (AvgIpc) is 3.30. The van der Waals surface area contributed by atoms with Crippen LogP contribution in [0.4, 0.5) is 0 Å². The quantitative estimate of drug-likeness (QED) is 0.808. The van der Waals surface area contributed by atoms with Crippen molar-refractivity contribution in [2.75, 3.05) is 26.7 Å². The molecule has 1 saturated heterocycles. The van der Waals surface area contributed by atoms with E-state index in [1.165, 1.54) is 17.7 Å². The first-order valence-corrected chi connectivity index (χ1v) is 10.4. The molecule has 1 aliphatic heterocycles. The van der Waals surface area contributed by atoms with Crippen molar-refractivity contribution in [1.82, 2.24) is 14.8 Å². The minimum Gasteiger partial charge on any atom is -0.345 e. The number of carbonyl (C=O) groups excluding carboxylic acids is 2. The average molecular weight is 364 g/mol. The van der Waals surface area contributed by atoms with Crippen LogP contribution >= 0.6 is 11.3 Å². The lowest BCUT2D eigenvalue weighted by Crippen LogP contribution is -2.45. The van der Waals surface area contributed by atoms with E-state index in [9.17, 15) is 9.59 Å². The van der Waals surface area contributed by atoms with Crippen molar-refractivity contribution < 1.29 is 9.59 Å². The summed E-state index contributed by atoms with van der Waals surface area (Å²) in [5.74, 6) is 0.880. The van der Waals surface area contributed by atoms with E-state index in [4.69, 9.17) is 0 Å². The second kappa shape index (κ2) is 8.30. The van der Waals surface area contributed by atoms with Gasteiger partial charge in [0.25, 0.3) is 0 Å². The zero-order valence-corrected chi connectivity index (χ0v) is 16.2. The summed E-state index contributed by atoms with van der Waals surface area (Å²) in [5, 5.41) is 0. The molecule has 1 aromatic heterocycles. The summed E-state index contributed by atoms with van der Waals surface area (Å²) < 4.78 is 0. The standard InChI is InChI=1S/C19H29N3O2S/c1-14-17(25-13-20-14)9-10-21(2)18(23)16-7-11-22(12-8-16)19(24)15-5-3-4-6-15/h13,15-16H,3-12H2,1-2H3. The van der Waals surface area contributed by atoms with Gasteiger partial charge in [0.05, 0.1) is 11.2 Å². The Kier molecular flexibility index (Phi) is 6.10. The number of likely N-dealkylation sites (N-methyl/N-ethyl adjacent to an activating group) is 1. The number of hydrogen-bond acceptors (Lipinski definition) is 4. The minimum absolute atomic E-state index is 0.0696. The molecule has 0 N–H and O–H groups in total. The molecule has 1 aliphatic carbocycles. The van der Waals surface area contributed by atoms with Gasteiger partial charge in [-0.2, -0.15) is 0 Å². The van der Waals surface area contributed by atoms with E-state index >= 15 is 0 Å². The molecule has 0 aromatic carbocycles. The summed E-state index contributed by atoms with van der Waals surface area (Å²) in [6.45, 7) is 4.24. The van der Waals surface area contributed by atoms with Crippen molar-refractivity contribution in [3.63, 3.8) is 0 Å². The summed E-state index contributed by atoms with van der Waals surface area (Å²) in [6, 6.07) is 0. The molecule has 0 radical (unpaired) electrons. The third-order valence-corrected chi connectivity index (χ3v) is 6.75. The van der Waals surface area contributed by atoms with Crippen LogP contribution in [-0.2, 0) is 16.0 Å². The number of rotatable bonds is 5. The molecule has 1 aromatic rings. The molecule has 2 aliphatic rings. The fourth-order valence-corrected chi connectivity index (χ4v) is 4.81. The largest absolute Gasteiger partial charge is 0.345 e. The number of likely N-dealkylation sites (tertiary alicyclic amines) is 1. The van der Waals surface area contributed by atoms with Crippen LogP contribution in [0.1, 0.15) is 49.1 Å². The maximum Gasteiger partial charge on any atom is 0.225 e. The van der Waals surface area contributed by atoms with Gasteiger partial charge < -0.3 is 9.80 Å². The van der Waals surface area contributed by atoms with Crippen LogP contribution in [0.2, 0.25) is 0 Å². The Bertz CT molecular complexity index is 602. The van der Waals surface area contributed by atoms with E-state index in [1.54, 1.807) is 11.3 Å². The second-order valence-electron chi connectivity index (χ2n) is 7.45.